The number of imidazole rings is 1. The van der Waals surface area contributed by atoms with Crippen molar-refractivity contribution in [3.8, 4) is 0 Å². The molecule has 1 aliphatic heterocycles. The van der Waals surface area contributed by atoms with Gasteiger partial charge in [0, 0.05) is 12.6 Å². The average Bonchev–Trinajstić information content (AvgIpc) is 3.08. The van der Waals surface area contributed by atoms with Gasteiger partial charge in [0.15, 0.2) is 5.82 Å². The van der Waals surface area contributed by atoms with E-state index in [-0.39, 0.29) is 23.9 Å². The highest BCUT2D eigenvalue weighted by molar-refractivity contribution is 5.97. The summed E-state index contributed by atoms with van der Waals surface area (Å²) in [5, 5.41) is 5.98. The van der Waals surface area contributed by atoms with Gasteiger partial charge in [0.25, 0.3) is 11.8 Å². The normalized spacial score (nSPS) is 15.5. The second kappa shape index (κ2) is 8.37. The van der Waals surface area contributed by atoms with Gasteiger partial charge in [0.1, 0.15) is 5.69 Å². The standard InChI is InChI=1S/C21H28N4O2/c1-4-14(2)22-21(27)19-24-18(17-12-8-9-13-25(17)19)20(26)23-15(3)16-10-6-5-7-11-16/h5-7,10-11,14-15H,4,8-9,12-13H2,1-3H3,(H,22,27)(H,23,26). The lowest BCUT2D eigenvalue weighted by atomic mass is 10.1. The Kier molecular flexibility index (Phi) is 5.94. The molecule has 3 rings (SSSR count). The molecule has 1 aromatic carbocycles. The summed E-state index contributed by atoms with van der Waals surface area (Å²) in [6, 6.07) is 9.77. The number of nitrogens with one attached hydrogen (secondary N) is 2. The molecule has 6 heteroatoms. The Morgan fingerprint density at radius 3 is 2.56 bits per heavy atom. The Bertz CT molecular complexity index is 813. The molecule has 0 aliphatic carbocycles. The summed E-state index contributed by atoms with van der Waals surface area (Å²) in [6.07, 6.45) is 3.62. The smallest absolute Gasteiger partial charge is 0.287 e. The summed E-state index contributed by atoms with van der Waals surface area (Å²) < 4.78 is 1.92. The van der Waals surface area contributed by atoms with Gasteiger partial charge in [-0.2, -0.15) is 0 Å². The van der Waals surface area contributed by atoms with Crippen LogP contribution in [0.3, 0.4) is 0 Å². The molecule has 6 nitrogen and oxygen atoms in total. The summed E-state index contributed by atoms with van der Waals surface area (Å²) in [5.74, 6) is -0.0789. The van der Waals surface area contributed by atoms with E-state index in [4.69, 9.17) is 0 Å². The minimum atomic E-state index is -0.223. The molecular weight excluding hydrogens is 340 g/mol. The van der Waals surface area contributed by atoms with Gasteiger partial charge >= 0.3 is 0 Å². The maximum atomic E-state index is 12.9. The Balaban J connectivity index is 1.84. The van der Waals surface area contributed by atoms with E-state index >= 15 is 0 Å². The van der Waals surface area contributed by atoms with Gasteiger partial charge in [-0.15, -0.1) is 0 Å². The van der Waals surface area contributed by atoms with Crippen molar-refractivity contribution in [2.24, 2.45) is 0 Å². The molecule has 0 fully saturated rings. The molecule has 2 unspecified atom stereocenters. The fourth-order valence-electron chi connectivity index (χ4n) is 3.38. The summed E-state index contributed by atoms with van der Waals surface area (Å²) >= 11 is 0. The number of fused-ring (bicyclic) bond motifs is 1. The van der Waals surface area contributed by atoms with Crippen molar-refractivity contribution < 1.29 is 9.59 Å². The zero-order valence-electron chi connectivity index (χ0n) is 16.3. The predicted octanol–water partition coefficient (Wildman–Crippen LogP) is 3.24. The van der Waals surface area contributed by atoms with Crippen molar-refractivity contribution in [1.29, 1.82) is 0 Å². The Morgan fingerprint density at radius 1 is 1.11 bits per heavy atom. The highest BCUT2D eigenvalue weighted by Crippen LogP contribution is 2.22. The van der Waals surface area contributed by atoms with Gasteiger partial charge < -0.3 is 15.2 Å². The van der Waals surface area contributed by atoms with Gasteiger partial charge in [-0.05, 0) is 45.1 Å². The van der Waals surface area contributed by atoms with Crippen LogP contribution in [0.15, 0.2) is 30.3 Å². The minimum Gasteiger partial charge on any atom is -0.347 e. The first-order valence-corrected chi connectivity index (χ1v) is 9.77. The van der Waals surface area contributed by atoms with E-state index < -0.39 is 0 Å². The molecule has 1 aromatic heterocycles. The Morgan fingerprint density at radius 2 is 1.85 bits per heavy atom. The molecule has 2 aromatic rings. The SMILES string of the molecule is CCC(C)NC(=O)c1nc(C(=O)NC(C)c2ccccc2)c2n1CCCC2. The van der Waals surface area contributed by atoms with Crippen LogP contribution in [0.4, 0.5) is 0 Å². The fraction of sp³-hybridized carbons (Fsp3) is 0.476. The second-order valence-corrected chi connectivity index (χ2v) is 7.23. The zero-order valence-corrected chi connectivity index (χ0v) is 16.3. The zero-order chi connectivity index (χ0) is 19.4. The van der Waals surface area contributed by atoms with Crippen molar-refractivity contribution >= 4 is 11.8 Å². The summed E-state index contributed by atoms with van der Waals surface area (Å²) in [4.78, 5) is 30.0. The lowest BCUT2D eigenvalue weighted by molar-refractivity contribution is 0.0923. The minimum absolute atomic E-state index is 0.0735. The number of benzene rings is 1. The van der Waals surface area contributed by atoms with Crippen LogP contribution >= 0.6 is 0 Å². The van der Waals surface area contributed by atoms with Crippen LogP contribution in [0, 0.1) is 0 Å². The van der Waals surface area contributed by atoms with Crippen molar-refractivity contribution in [1.82, 2.24) is 20.2 Å². The van der Waals surface area contributed by atoms with E-state index in [0.29, 0.717) is 11.5 Å². The van der Waals surface area contributed by atoms with Crippen LogP contribution in [0.5, 0.6) is 0 Å². The van der Waals surface area contributed by atoms with Crippen LogP contribution in [0.1, 0.15) is 78.4 Å². The number of amides is 2. The largest absolute Gasteiger partial charge is 0.347 e. The Hall–Kier alpha value is -2.63. The number of rotatable bonds is 6. The number of nitrogens with zero attached hydrogens (tertiary/aromatic N) is 2. The third kappa shape index (κ3) is 4.21. The van der Waals surface area contributed by atoms with E-state index in [2.05, 4.69) is 15.6 Å². The number of aromatic nitrogens is 2. The van der Waals surface area contributed by atoms with Crippen LogP contribution in [0.25, 0.3) is 0 Å². The van der Waals surface area contributed by atoms with Crippen LogP contribution in [0.2, 0.25) is 0 Å². The van der Waals surface area contributed by atoms with E-state index in [9.17, 15) is 9.59 Å². The molecule has 0 saturated heterocycles. The number of carbonyl (C=O) groups is 2. The predicted molar refractivity (Wildman–Crippen MR) is 105 cm³/mol. The molecule has 0 bridgehead atoms. The summed E-state index contributed by atoms with van der Waals surface area (Å²) in [7, 11) is 0. The molecule has 2 amide bonds. The van der Waals surface area contributed by atoms with Gasteiger partial charge in [0.05, 0.1) is 11.7 Å². The van der Waals surface area contributed by atoms with Gasteiger partial charge in [-0.25, -0.2) is 4.98 Å². The third-order valence-electron chi connectivity index (χ3n) is 5.17. The first kappa shape index (κ1) is 19.1. The van der Waals surface area contributed by atoms with Crippen molar-refractivity contribution in [3.05, 3.63) is 53.1 Å². The maximum absolute atomic E-state index is 12.9. The van der Waals surface area contributed by atoms with E-state index in [0.717, 1.165) is 43.5 Å². The molecule has 2 heterocycles. The van der Waals surface area contributed by atoms with Gasteiger partial charge in [-0.1, -0.05) is 37.3 Å². The highest BCUT2D eigenvalue weighted by atomic mass is 16.2. The molecule has 27 heavy (non-hydrogen) atoms. The first-order chi connectivity index (χ1) is 13.0. The molecule has 0 radical (unpaired) electrons. The lowest BCUT2D eigenvalue weighted by Gasteiger charge is -2.18. The van der Waals surface area contributed by atoms with Gasteiger partial charge in [-0.3, -0.25) is 9.59 Å². The fourth-order valence-corrected chi connectivity index (χ4v) is 3.38. The molecular formula is C21H28N4O2. The van der Waals surface area contributed by atoms with Gasteiger partial charge in [0.2, 0.25) is 0 Å². The second-order valence-electron chi connectivity index (χ2n) is 7.23. The lowest BCUT2D eigenvalue weighted by Crippen LogP contribution is -2.34. The maximum Gasteiger partial charge on any atom is 0.287 e. The van der Waals surface area contributed by atoms with Crippen LogP contribution < -0.4 is 10.6 Å². The quantitative estimate of drug-likeness (QED) is 0.822. The summed E-state index contributed by atoms with van der Waals surface area (Å²) in [5.41, 5.74) is 2.29. The average molecular weight is 368 g/mol. The van der Waals surface area contributed by atoms with Crippen molar-refractivity contribution in [2.45, 2.75) is 65.1 Å². The highest BCUT2D eigenvalue weighted by Gasteiger charge is 2.28. The van der Waals surface area contributed by atoms with Crippen LogP contribution in [-0.4, -0.2) is 27.4 Å². The molecule has 144 valence electrons. The summed E-state index contributed by atoms with van der Waals surface area (Å²) in [6.45, 7) is 6.67. The van der Waals surface area contributed by atoms with Crippen molar-refractivity contribution in [2.75, 3.05) is 0 Å². The topological polar surface area (TPSA) is 76.0 Å². The first-order valence-electron chi connectivity index (χ1n) is 9.77. The Labute approximate surface area is 160 Å². The molecule has 1 aliphatic rings. The molecule has 0 saturated carbocycles. The third-order valence-corrected chi connectivity index (χ3v) is 5.17. The van der Waals surface area contributed by atoms with E-state index in [1.54, 1.807) is 0 Å². The number of carbonyl (C=O) groups excluding carboxylic acids is 2. The molecule has 0 spiro atoms. The number of hydrogen-bond acceptors (Lipinski definition) is 3. The van der Waals surface area contributed by atoms with Crippen molar-refractivity contribution in [3.63, 3.8) is 0 Å². The monoisotopic (exact) mass is 368 g/mol. The molecule has 2 atom stereocenters. The number of hydrogen-bond donors (Lipinski definition) is 2. The molecule has 2 N–H and O–H groups in total. The van der Waals surface area contributed by atoms with E-state index in [1.807, 2.05) is 55.7 Å². The van der Waals surface area contributed by atoms with E-state index in [1.165, 1.54) is 0 Å². The van der Waals surface area contributed by atoms with Crippen LogP contribution in [-0.2, 0) is 13.0 Å².